The molecule has 0 aromatic heterocycles. The number of nitrogens with one attached hydrogen (secondary N) is 1. The molecule has 0 aliphatic heterocycles. The second-order valence-corrected chi connectivity index (χ2v) is 6.80. The molecule has 1 atom stereocenters. The Morgan fingerprint density at radius 2 is 1.37 bits per heavy atom. The number of hydrogen-bond acceptors (Lipinski definition) is 2. The molecule has 27 heavy (non-hydrogen) atoms. The molecular weight excluding hydrogens is 334 g/mol. The third-order valence-corrected chi connectivity index (χ3v) is 4.81. The van der Waals surface area contributed by atoms with Crippen molar-refractivity contribution in [3.05, 3.63) is 101 Å². The van der Waals surface area contributed by atoms with Crippen LogP contribution in [-0.2, 0) is 4.79 Å². The van der Waals surface area contributed by atoms with Gasteiger partial charge >= 0.3 is 0 Å². The Bertz CT molecular complexity index is 956. The van der Waals surface area contributed by atoms with Gasteiger partial charge < -0.3 is 5.32 Å². The van der Waals surface area contributed by atoms with Crippen molar-refractivity contribution < 1.29 is 9.59 Å². The molecule has 1 unspecified atom stereocenters. The second-order valence-electron chi connectivity index (χ2n) is 6.80. The number of hydrogen-bond donors (Lipinski definition) is 1. The predicted molar refractivity (Wildman–Crippen MR) is 109 cm³/mol. The molecule has 1 N–H and O–H groups in total. The summed E-state index contributed by atoms with van der Waals surface area (Å²) < 4.78 is 0. The lowest BCUT2D eigenvalue weighted by Crippen LogP contribution is -2.20. The van der Waals surface area contributed by atoms with Crippen LogP contribution < -0.4 is 5.32 Å². The number of aryl methyl sites for hydroxylation is 2. The van der Waals surface area contributed by atoms with Gasteiger partial charge in [0.05, 0.1) is 5.92 Å². The van der Waals surface area contributed by atoms with Gasteiger partial charge in [0.2, 0.25) is 5.91 Å². The molecule has 0 spiro atoms. The Morgan fingerprint density at radius 1 is 0.778 bits per heavy atom. The first-order valence-corrected chi connectivity index (χ1v) is 9.04. The van der Waals surface area contributed by atoms with Crippen molar-refractivity contribution in [1.29, 1.82) is 0 Å². The van der Waals surface area contributed by atoms with Crippen molar-refractivity contribution in [2.75, 3.05) is 5.32 Å². The largest absolute Gasteiger partial charge is 0.325 e. The molecule has 0 fully saturated rings. The fourth-order valence-corrected chi connectivity index (χ4v) is 3.10. The van der Waals surface area contributed by atoms with Crippen LogP contribution in [0.5, 0.6) is 0 Å². The molecule has 0 bridgehead atoms. The highest BCUT2D eigenvalue weighted by Gasteiger charge is 2.18. The fraction of sp³-hybridized carbons (Fsp3) is 0.167. The molecule has 3 aromatic carbocycles. The highest BCUT2D eigenvalue weighted by atomic mass is 16.2. The minimum absolute atomic E-state index is 0.0418. The summed E-state index contributed by atoms with van der Waals surface area (Å²) >= 11 is 0. The van der Waals surface area contributed by atoms with Crippen LogP contribution in [0.1, 0.15) is 45.5 Å². The van der Waals surface area contributed by atoms with Gasteiger partial charge in [0, 0.05) is 16.8 Å². The van der Waals surface area contributed by atoms with Crippen molar-refractivity contribution in [2.24, 2.45) is 0 Å². The summed E-state index contributed by atoms with van der Waals surface area (Å²) in [5.74, 6) is -0.496. The van der Waals surface area contributed by atoms with Crippen LogP contribution in [0.25, 0.3) is 0 Å². The minimum Gasteiger partial charge on any atom is -0.325 e. The maximum absolute atomic E-state index is 12.8. The molecule has 0 saturated heterocycles. The van der Waals surface area contributed by atoms with E-state index < -0.39 is 0 Å². The quantitative estimate of drug-likeness (QED) is 0.632. The normalized spacial score (nSPS) is 11.7. The zero-order chi connectivity index (χ0) is 19.4. The van der Waals surface area contributed by atoms with Gasteiger partial charge in [0.25, 0.3) is 0 Å². The van der Waals surface area contributed by atoms with Crippen molar-refractivity contribution in [1.82, 2.24) is 0 Å². The molecule has 0 aliphatic carbocycles. The first kappa shape index (κ1) is 18.6. The number of anilines is 1. The zero-order valence-electron chi connectivity index (χ0n) is 15.8. The summed E-state index contributed by atoms with van der Waals surface area (Å²) in [7, 11) is 0. The molecule has 136 valence electrons. The number of carbonyl (C=O) groups excluding carboxylic acids is 2. The Balaban J connectivity index is 1.82. The average Bonchev–Trinajstić information content (AvgIpc) is 2.70. The summed E-state index contributed by atoms with van der Waals surface area (Å²) in [6.07, 6.45) is 0. The zero-order valence-corrected chi connectivity index (χ0v) is 15.8. The molecule has 3 aromatic rings. The van der Waals surface area contributed by atoms with Gasteiger partial charge in [-0.05, 0) is 43.5 Å². The van der Waals surface area contributed by atoms with Gasteiger partial charge in [-0.25, -0.2) is 0 Å². The van der Waals surface area contributed by atoms with Crippen LogP contribution >= 0.6 is 0 Å². The molecule has 3 rings (SSSR count). The standard InChI is InChI=1S/C24H23NO2/c1-16-9-7-10-17(2)22(16)25-24(27)18(3)20-13-8-14-21(15-20)23(26)19-11-5-4-6-12-19/h4-15,18H,1-3H3,(H,25,27). The first-order valence-electron chi connectivity index (χ1n) is 9.04. The van der Waals surface area contributed by atoms with Crippen LogP contribution in [-0.4, -0.2) is 11.7 Å². The summed E-state index contributed by atoms with van der Waals surface area (Å²) in [4.78, 5) is 25.4. The Morgan fingerprint density at radius 3 is 2.04 bits per heavy atom. The van der Waals surface area contributed by atoms with Gasteiger partial charge in [-0.15, -0.1) is 0 Å². The molecule has 0 aliphatic rings. The molecule has 3 nitrogen and oxygen atoms in total. The Kier molecular flexibility index (Phi) is 5.51. The topological polar surface area (TPSA) is 46.2 Å². The SMILES string of the molecule is Cc1cccc(C)c1NC(=O)C(C)c1cccc(C(=O)c2ccccc2)c1. The van der Waals surface area contributed by atoms with E-state index in [2.05, 4.69) is 5.32 Å². The van der Waals surface area contributed by atoms with E-state index in [1.54, 1.807) is 18.2 Å². The van der Waals surface area contributed by atoms with Crippen LogP contribution in [0.3, 0.4) is 0 Å². The van der Waals surface area contributed by atoms with E-state index in [9.17, 15) is 9.59 Å². The van der Waals surface area contributed by atoms with E-state index in [-0.39, 0.29) is 17.6 Å². The number of ketones is 1. The lowest BCUT2D eigenvalue weighted by atomic mass is 9.95. The van der Waals surface area contributed by atoms with Crippen molar-refractivity contribution in [2.45, 2.75) is 26.7 Å². The molecule has 0 saturated carbocycles. The number of para-hydroxylation sites is 1. The fourth-order valence-electron chi connectivity index (χ4n) is 3.10. The van der Waals surface area contributed by atoms with E-state index in [1.807, 2.05) is 75.4 Å². The maximum Gasteiger partial charge on any atom is 0.231 e. The van der Waals surface area contributed by atoms with Crippen molar-refractivity contribution in [3.63, 3.8) is 0 Å². The summed E-state index contributed by atoms with van der Waals surface area (Å²) in [5, 5.41) is 3.03. The molecular formula is C24H23NO2. The third-order valence-electron chi connectivity index (χ3n) is 4.81. The smallest absolute Gasteiger partial charge is 0.231 e. The number of benzene rings is 3. The van der Waals surface area contributed by atoms with Crippen LogP contribution in [0.15, 0.2) is 72.8 Å². The average molecular weight is 357 g/mol. The van der Waals surface area contributed by atoms with Crippen LogP contribution in [0, 0.1) is 13.8 Å². The second kappa shape index (κ2) is 8.00. The Labute approximate surface area is 160 Å². The van der Waals surface area contributed by atoms with E-state index in [0.29, 0.717) is 11.1 Å². The third kappa shape index (κ3) is 4.14. The van der Waals surface area contributed by atoms with Crippen LogP contribution in [0.4, 0.5) is 5.69 Å². The maximum atomic E-state index is 12.8. The minimum atomic E-state index is -0.368. The van der Waals surface area contributed by atoms with Crippen LogP contribution in [0.2, 0.25) is 0 Å². The monoisotopic (exact) mass is 357 g/mol. The number of carbonyl (C=O) groups is 2. The Hall–Kier alpha value is -3.20. The highest BCUT2D eigenvalue weighted by Crippen LogP contribution is 2.24. The lowest BCUT2D eigenvalue weighted by Gasteiger charge is -2.16. The summed E-state index contributed by atoms with van der Waals surface area (Å²) in [6.45, 7) is 5.81. The number of amides is 1. The number of rotatable bonds is 5. The molecule has 1 amide bonds. The van der Waals surface area contributed by atoms with E-state index in [4.69, 9.17) is 0 Å². The lowest BCUT2D eigenvalue weighted by molar-refractivity contribution is -0.117. The first-order chi connectivity index (χ1) is 13.0. The van der Waals surface area contributed by atoms with E-state index >= 15 is 0 Å². The summed E-state index contributed by atoms with van der Waals surface area (Å²) in [6, 6.07) is 22.4. The van der Waals surface area contributed by atoms with Crippen molar-refractivity contribution >= 4 is 17.4 Å². The van der Waals surface area contributed by atoms with E-state index in [0.717, 1.165) is 22.4 Å². The van der Waals surface area contributed by atoms with Crippen molar-refractivity contribution in [3.8, 4) is 0 Å². The van der Waals surface area contributed by atoms with E-state index in [1.165, 1.54) is 0 Å². The predicted octanol–water partition coefficient (Wildman–Crippen LogP) is 5.28. The van der Waals surface area contributed by atoms with Gasteiger partial charge in [-0.1, -0.05) is 66.7 Å². The molecule has 0 radical (unpaired) electrons. The molecule has 3 heteroatoms. The van der Waals surface area contributed by atoms with Gasteiger partial charge in [-0.3, -0.25) is 9.59 Å². The summed E-state index contributed by atoms with van der Waals surface area (Å²) in [5.41, 5.74) is 4.96. The molecule has 0 heterocycles. The highest BCUT2D eigenvalue weighted by molar-refractivity contribution is 6.09. The van der Waals surface area contributed by atoms with Gasteiger partial charge in [0.1, 0.15) is 0 Å². The van der Waals surface area contributed by atoms with Gasteiger partial charge in [0.15, 0.2) is 5.78 Å². The van der Waals surface area contributed by atoms with Gasteiger partial charge in [-0.2, -0.15) is 0 Å².